The average Bonchev–Trinajstić information content (AvgIpc) is 3.73. The first-order valence-electron chi connectivity index (χ1n) is 16.1. The summed E-state index contributed by atoms with van der Waals surface area (Å²) in [5, 5.41) is 4.30. The maximum atomic E-state index is 16.8. The van der Waals surface area contributed by atoms with E-state index in [9.17, 15) is 0 Å². The Morgan fingerprint density at radius 1 is 0.955 bits per heavy atom. The molecule has 2 unspecified atom stereocenters. The monoisotopic (exact) mass is 594 g/mol. The molecule has 0 spiro atoms. The zero-order chi connectivity index (χ0) is 29.7. The third kappa shape index (κ3) is 4.96. The van der Waals surface area contributed by atoms with Gasteiger partial charge in [0.25, 0.3) is 0 Å². The van der Waals surface area contributed by atoms with Crippen molar-refractivity contribution in [3.05, 3.63) is 71.7 Å². The van der Waals surface area contributed by atoms with Crippen LogP contribution in [0.1, 0.15) is 49.7 Å². The Morgan fingerprint density at radius 2 is 1.73 bits per heavy atom. The summed E-state index contributed by atoms with van der Waals surface area (Å²) in [5.41, 5.74) is 3.07. The van der Waals surface area contributed by atoms with E-state index in [0.717, 1.165) is 63.0 Å². The minimum atomic E-state index is -0.477. The first kappa shape index (κ1) is 27.7. The van der Waals surface area contributed by atoms with Crippen LogP contribution in [0.25, 0.3) is 22.2 Å². The molecule has 228 valence electrons. The van der Waals surface area contributed by atoms with Crippen molar-refractivity contribution in [2.45, 2.75) is 69.7 Å². The fourth-order valence-electron chi connectivity index (χ4n) is 7.93. The van der Waals surface area contributed by atoms with E-state index in [1.54, 1.807) is 6.20 Å². The molecule has 44 heavy (non-hydrogen) atoms. The standard InChI is InChI=1S/C35H39FN6O2/c1-23-8-5-11-28(43-21-24-9-3-2-4-10-24)29(23)32-30(36)31-27(18-37-32)33(41-19-25-12-13-26(20-41)38-25)40-34(39-31)44-22-35-14-6-16-42(35)17-7-15-35/h2-5,8-11,18,25-26,38H,6-7,12-17,19-22H2,1H3. The molecule has 1 N–H and O–H groups in total. The van der Waals surface area contributed by atoms with Crippen molar-refractivity contribution in [3.8, 4) is 23.0 Å². The van der Waals surface area contributed by atoms with Crippen LogP contribution in [0.4, 0.5) is 10.2 Å². The fraction of sp³-hybridized carbons (Fsp3) is 0.457. The van der Waals surface area contributed by atoms with Crippen LogP contribution in [-0.4, -0.2) is 70.3 Å². The number of pyridine rings is 1. The summed E-state index contributed by atoms with van der Waals surface area (Å²) in [6, 6.07) is 16.8. The highest BCUT2D eigenvalue weighted by molar-refractivity contribution is 5.92. The molecule has 4 aliphatic rings. The van der Waals surface area contributed by atoms with E-state index >= 15 is 4.39 Å². The van der Waals surface area contributed by atoms with Gasteiger partial charge in [0.1, 0.15) is 36.0 Å². The summed E-state index contributed by atoms with van der Waals surface area (Å²) in [6.07, 6.45) is 8.63. The lowest BCUT2D eigenvalue weighted by molar-refractivity contribution is 0.108. The number of nitrogens with one attached hydrogen (secondary N) is 1. The number of anilines is 1. The van der Waals surface area contributed by atoms with Gasteiger partial charge in [0.05, 0.1) is 10.9 Å². The molecule has 6 heterocycles. The Bertz CT molecular complexity index is 1660. The van der Waals surface area contributed by atoms with Gasteiger partial charge >= 0.3 is 6.01 Å². The molecule has 4 aromatic rings. The molecule has 4 aliphatic heterocycles. The van der Waals surface area contributed by atoms with Gasteiger partial charge in [0.15, 0.2) is 5.82 Å². The molecule has 2 aromatic carbocycles. The Morgan fingerprint density at radius 3 is 2.50 bits per heavy atom. The second-order valence-corrected chi connectivity index (χ2v) is 13.0. The van der Waals surface area contributed by atoms with Crippen LogP contribution in [0.15, 0.2) is 54.7 Å². The second-order valence-electron chi connectivity index (χ2n) is 13.0. The summed E-state index contributed by atoms with van der Waals surface area (Å²) < 4.78 is 29.5. The molecule has 4 fully saturated rings. The predicted molar refractivity (Wildman–Crippen MR) is 169 cm³/mol. The minimum Gasteiger partial charge on any atom is -0.488 e. The SMILES string of the molecule is Cc1cccc(OCc2ccccc2)c1-c1ncc2c(N3CC4CCC(C3)N4)nc(OCC34CCCN3CCC4)nc2c1F. The maximum Gasteiger partial charge on any atom is 0.319 e. The van der Waals surface area contributed by atoms with Gasteiger partial charge < -0.3 is 19.7 Å². The molecule has 8 rings (SSSR count). The van der Waals surface area contributed by atoms with E-state index < -0.39 is 5.82 Å². The predicted octanol–water partition coefficient (Wildman–Crippen LogP) is 5.67. The molecular formula is C35H39FN6O2. The number of piperazine rings is 1. The van der Waals surface area contributed by atoms with Gasteiger partial charge in [-0.25, -0.2) is 4.39 Å². The van der Waals surface area contributed by atoms with Crippen LogP contribution in [0, 0.1) is 12.7 Å². The zero-order valence-electron chi connectivity index (χ0n) is 25.3. The van der Waals surface area contributed by atoms with Gasteiger partial charge in [0.2, 0.25) is 0 Å². The highest BCUT2D eigenvalue weighted by Crippen LogP contribution is 2.41. The van der Waals surface area contributed by atoms with E-state index in [-0.39, 0.29) is 22.8 Å². The minimum absolute atomic E-state index is 0.0424. The van der Waals surface area contributed by atoms with Crippen LogP contribution in [-0.2, 0) is 6.61 Å². The van der Waals surface area contributed by atoms with E-state index in [1.165, 1.54) is 12.8 Å². The summed E-state index contributed by atoms with van der Waals surface area (Å²) in [4.78, 5) is 19.2. The summed E-state index contributed by atoms with van der Waals surface area (Å²) >= 11 is 0. The van der Waals surface area contributed by atoms with E-state index in [4.69, 9.17) is 24.4 Å². The lowest BCUT2D eigenvalue weighted by atomic mass is 9.95. The molecule has 0 radical (unpaired) electrons. The van der Waals surface area contributed by atoms with Crippen LogP contribution < -0.4 is 19.7 Å². The Hall–Kier alpha value is -3.82. The van der Waals surface area contributed by atoms with E-state index in [0.29, 0.717) is 47.8 Å². The number of fused-ring (bicyclic) bond motifs is 4. The maximum absolute atomic E-state index is 16.8. The van der Waals surface area contributed by atoms with Crippen molar-refractivity contribution >= 4 is 16.7 Å². The van der Waals surface area contributed by atoms with Gasteiger partial charge in [-0.1, -0.05) is 42.5 Å². The number of halogens is 1. The molecule has 8 nitrogen and oxygen atoms in total. The molecule has 0 saturated carbocycles. The Kier molecular flexibility index (Phi) is 7.10. The van der Waals surface area contributed by atoms with Crippen molar-refractivity contribution in [1.82, 2.24) is 25.2 Å². The first-order valence-corrected chi connectivity index (χ1v) is 16.1. The first-order chi connectivity index (χ1) is 21.6. The van der Waals surface area contributed by atoms with Crippen molar-refractivity contribution in [2.24, 2.45) is 0 Å². The molecule has 9 heteroatoms. The van der Waals surface area contributed by atoms with Crippen LogP contribution in [0.5, 0.6) is 11.8 Å². The van der Waals surface area contributed by atoms with Crippen molar-refractivity contribution in [2.75, 3.05) is 37.7 Å². The normalized spacial score (nSPS) is 22.5. The molecule has 4 saturated heterocycles. The number of nitrogens with zero attached hydrogens (tertiary/aromatic N) is 5. The average molecular weight is 595 g/mol. The van der Waals surface area contributed by atoms with Crippen LogP contribution >= 0.6 is 0 Å². The smallest absolute Gasteiger partial charge is 0.319 e. The lowest BCUT2D eigenvalue weighted by Crippen LogP contribution is -2.51. The van der Waals surface area contributed by atoms with Gasteiger partial charge in [-0.05, 0) is 75.7 Å². The van der Waals surface area contributed by atoms with Gasteiger partial charge in [-0.15, -0.1) is 0 Å². The highest BCUT2D eigenvalue weighted by Gasteiger charge is 2.45. The third-order valence-electron chi connectivity index (χ3n) is 10.1. The highest BCUT2D eigenvalue weighted by atomic mass is 19.1. The van der Waals surface area contributed by atoms with Gasteiger partial charge in [0, 0.05) is 36.9 Å². The quantitative estimate of drug-likeness (QED) is 0.280. The van der Waals surface area contributed by atoms with Crippen molar-refractivity contribution in [3.63, 3.8) is 0 Å². The summed E-state index contributed by atoms with van der Waals surface area (Å²) in [7, 11) is 0. The van der Waals surface area contributed by atoms with Gasteiger partial charge in [-0.3, -0.25) is 9.88 Å². The van der Waals surface area contributed by atoms with Gasteiger partial charge in [-0.2, -0.15) is 9.97 Å². The fourth-order valence-corrected chi connectivity index (χ4v) is 7.93. The van der Waals surface area contributed by atoms with Crippen LogP contribution in [0.3, 0.4) is 0 Å². The third-order valence-corrected chi connectivity index (χ3v) is 10.1. The molecule has 2 bridgehead atoms. The number of aromatic nitrogens is 3. The van der Waals surface area contributed by atoms with Crippen molar-refractivity contribution in [1.29, 1.82) is 0 Å². The number of rotatable bonds is 8. The second kappa shape index (κ2) is 11.3. The molecule has 2 aromatic heterocycles. The number of aryl methyl sites for hydroxylation is 1. The summed E-state index contributed by atoms with van der Waals surface area (Å²) in [5.74, 6) is 0.819. The number of hydrogen-bond donors (Lipinski definition) is 1. The molecule has 0 amide bonds. The topological polar surface area (TPSA) is 75.6 Å². The number of ether oxygens (including phenoxy) is 2. The molecular weight excluding hydrogens is 555 g/mol. The Labute approximate surface area is 257 Å². The lowest BCUT2D eigenvalue weighted by Gasteiger charge is -2.34. The number of hydrogen-bond acceptors (Lipinski definition) is 8. The van der Waals surface area contributed by atoms with Crippen LogP contribution in [0.2, 0.25) is 0 Å². The summed E-state index contributed by atoms with van der Waals surface area (Å²) in [6.45, 7) is 6.73. The van der Waals surface area contributed by atoms with E-state index in [1.807, 2.05) is 55.5 Å². The largest absolute Gasteiger partial charge is 0.488 e. The Balaban J connectivity index is 1.19. The molecule has 0 aliphatic carbocycles. The zero-order valence-corrected chi connectivity index (χ0v) is 25.3. The molecule has 2 atom stereocenters. The van der Waals surface area contributed by atoms with E-state index in [2.05, 4.69) is 15.1 Å². The number of benzene rings is 2. The van der Waals surface area contributed by atoms with Crippen molar-refractivity contribution < 1.29 is 13.9 Å².